The maximum absolute atomic E-state index is 12.0. The third kappa shape index (κ3) is 3.33. The van der Waals surface area contributed by atoms with E-state index in [2.05, 4.69) is 20.9 Å². The SMILES string of the molecule is COc1ccc(/C=C2\N=C(c3ccc(OC)c(Br)c3)OC2=O)cc1. The zero-order valence-electron chi connectivity index (χ0n) is 13.1. The summed E-state index contributed by atoms with van der Waals surface area (Å²) in [5.74, 6) is 1.23. The summed E-state index contributed by atoms with van der Waals surface area (Å²) in [6.45, 7) is 0. The first-order chi connectivity index (χ1) is 11.6. The number of benzene rings is 2. The summed E-state index contributed by atoms with van der Waals surface area (Å²) < 4.78 is 16.3. The molecule has 0 N–H and O–H groups in total. The molecule has 6 heteroatoms. The van der Waals surface area contributed by atoms with Crippen LogP contribution in [0.4, 0.5) is 0 Å². The summed E-state index contributed by atoms with van der Waals surface area (Å²) in [6.07, 6.45) is 1.67. The van der Waals surface area contributed by atoms with Crippen molar-refractivity contribution in [3.8, 4) is 11.5 Å². The second-order valence-electron chi connectivity index (χ2n) is 4.96. The van der Waals surface area contributed by atoms with E-state index in [1.165, 1.54) is 0 Å². The van der Waals surface area contributed by atoms with Gasteiger partial charge in [-0.2, -0.15) is 0 Å². The average molecular weight is 388 g/mol. The van der Waals surface area contributed by atoms with Crippen LogP contribution in [0, 0.1) is 0 Å². The number of ether oxygens (including phenoxy) is 3. The molecule has 0 saturated heterocycles. The minimum atomic E-state index is -0.479. The Kier molecular flexibility index (Phi) is 4.66. The number of nitrogens with zero attached hydrogens (tertiary/aromatic N) is 1. The monoisotopic (exact) mass is 387 g/mol. The number of rotatable bonds is 4. The van der Waals surface area contributed by atoms with Gasteiger partial charge in [-0.15, -0.1) is 0 Å². The normalized spacial score (nSPS) is 15.2. The van der Waals surface area contributed by atoms with Crippen molar-refractivity contribution in [2.45, 2.75) is 0 Å². The van der Waals surface area contributed by atoms with Gasteiger partial charge in [0.05, 0.1) is 18.7 Å². The fraction of sp³-hybridized carbons (Fsp3) is 0.111. The van der Waals surface area contributed by atoms with Crippen LogP contribution in [0.3, 0.4) is 0 Å². The fourth-order valence-electron chi connectivity index (χ4n) is 2.19. The molecular weight excluding hydrogens is 374 g/mol. The first kappa shape index (κ1) is 16.3. The van der Waals surface area contributed by atoms with Gasteiger partial charge in [0.25, 0.3) is 0 Å². The maximum Gasteiger partial charge on any atom is 0.363 e. The summed E-state index contributed by atoms with van der Waals surface area (Å²) >= 11 is 3.41. The van der Waals surface area contributed by atoms with E-state index < -0.39 is 5.97 Å². The molecule has 1 aliphatic rings. The van der Waals surface area contributed by atoms with Crippen LogP contribution < -0.4 is 9.47 Å². The molecule has 3 rings (SSSR count). The predicted octanol–water partition coefficient (Wildman–Crippen LogP) is 3.81. The van der Waals surface area contributed by atoms with Crippen molar-refractivity contribution >= 4 is 33.9 Å². The van der Waals surface area contributed by atoms with Gasteiger partial charge in [0.1, 0.15) is 11.5 Å². The largest absolute Gasteiger partial charge is 0.497 e. The quantitative estimate of drug-likeness (QED) is 0.591. The lowest BCUT2D eigenvalue weighted by Crippen LogP contribution is -2.05. The summed E-state index contributed by atoms with van der Waals surface area (Å²) in [5.41, 5.74) is 1.78. The highest BCUT2D eigenvalue weighted by atomic mass is 79.9. The molecule has 0 spiro atoms. The number of aliphatic imine (C=N–C) groups is 1. The van der Waals surface area contributed by atoms with Crippen LogP contribution >= 0.6 is 15.9 Å². The van der Waals surface area contributed by atoms with Gasteiger partial charge in [0, 0.05) is 5.56 Å². The fourth-order valence-corrected chi connectivity index (χ4v) is 2.73. The number of esters is 1. The molecule has 2 aromatic carbocycles. The van der Waals surface area contributed by atoms with E-state index >= 15 is 0 Å². The first-order valence-electron chi connectivity index (χ1n) is 7.11. The van der Waals surface area contributed by atoms with Crippen LogP contribution in [0.2, 0.25) is 0 Å². The lowest BCUT2D eigenvalue weighted by Gasteiger charge is -2.05. The van der Waals surface area contributed by atoms with Crippen LogP contribution in [0.1, 0.15) is 11.1 Å². The van der Waals surface area contributed by atoms with E-state index in [1.54, 1.807) is 38.5 Å². The molecule has 0 saturated carbocycles. The third-order valence-corrected chi connectivity index (χ3v) is 4.06. The van der Waals surface area contributed by atoms with Gasteiger partial charge in [0.15, 0.2) is 5.70 Å². The van der Waals surface area contributed by atoms with E-state index in [0.717, 1.165) is 15.8 Å². The van der Waals surface area contributed by atoms with E-state index in [0.29, 0.717) is 11.3 Å². The van der Waals surface area contributed by atoms with Gasteiger partial charge in [-0.1, -0.05) is 12.1 Å². The van der Waals surface area contributed by atoms with Gasteiger partial charge < -0.3 is 14.2 Å². The molecule has 1 aliphatic heterocycles. The van der Waals surface area contributed by atoms with Crippen molar-refractivity contribution in [1.29, 1.82) is 0 Å². The van der Waals surface area contributed by atoms with Gasteiger partial charge >= 0.3 is 5.97 Å². The first-order valence-corrected chi connectivity index (χ1v) is 7.90. The third-order valence-electron chi connectivity index (χ3n) is 3.44. The number of hydrogen-bond acceptors (Lipinski definition) is 5. The summed E-state index contributed by atoms with van der Waals surface area (Å²) in [4.78, 5) is 16.3. The summed E-state index contributed by atoms with van der Waals surface area (Å²) in [5, 5.41) is 0. The van der Waals surface area contributed by atoms with Crippen LogP contribution in [0.5, 0.6) is 11.5 Å². The number of cyclic esters (lactones) is 1. The molecule has 5 nitrogen and oxygen atoms in total. The highest BCUT2D eigenvalue weighted by Gasteiger charge is 2.24. The molecule has 0 atom stereocenters. The number of hydrogen-bond donors (Lipinski definition) is 0. The molecule has 24 heavy (non-hydrogen) atoms. The minimum absolute atomic E-state index is 0.252. The Morgan fingerprint density at radius 3 is 2.46 bits per heavy atom. The van der Waals surface area contributed by atoms with E-state index in [1.807, 2.05) is 24.3 Å². The van der Waals surface area contributed by atoms with Crippen molar-refractivity contribution in [2.75, 3.05) is 14.2 Å². The van der Waals surface area contributed by atoms with E-state index in [9.17, 15) is 4.79 Å². The van der Waals surface area contributed by atoms with Gasteiger partial charge in [-0.05, 0) is 57.9 Å². The Morgan fingerprint density at radius 2 is 1.83 bits per heavy atom. The molecule has 0 radical (unpaired) electrons. The van der Waals surface area contributed by atoms with Crippen molar-refractivity contribution < 1.29 is 19.0 Å². The van der Waals surface area contributed by atoms with Crippen LogP contribution in [0.25, 0.3) is 6.08 Å². The van der Waals surface area contributed by atoms with Gasteiger partial charge in [-0.3, -0.25) is 0 Å². The van der Waals surface area contributed by atoms with Crippen LogP contribution in [0.15, 0.2) is 57.6 Å². The minimum Gasteiger partial charge on any atom is -0.497 e. The average Bonchev–Trinajstić information content (AvgIpc) is 2.96. The lowest BCUT2D eigenvalue weighted by molar-refractivity contribution is -0.129. The highest BCUT2D eigenvalue weighted by molar-refractivity contribution is 9.10. The molecule has 0 bridgehead atoms. The Labute approximate surface area is 147 Å². The lowest BCUT2D eigenvalue weighted by atomic mass is 10.2. The van der Waals surface area contributed by atoms with E-state index in [-0.39, 0.29) is 11.6 Å². The number of methoxy groups -OCH3 is 2. The van der Waals surface area contributed by atoms with E-state index in [4.69, 9.17) is 14.2 Å². The number of carbonyl (C=O) groups is 1. The molecule has 0 amide bonds. The van der Waals surface area contributed by atoms with Crippen LogP contribution in [-0.4, -0.2) is 26.1 Å². The van der Waals surface area contributed by atoms with Crippen molar-refractivity contribution in [1.82, 2.24) is 0 Å². The van der Waals surface area contributed by atoms with Crippen molar-refractivity contribution in [3.63, 3.8) is 0 Å². The molecule has 0 unspecified atom stereocenters. The van der Waals surface area contributed by atoms with Gasteiger partial charge in [0.2, 0.25) is 5.90 Å². The van der Waals surface area contributed by atoms with Gasteiger partial charge in [-0.25, -0.2) is 9.79 Å². The zero-order chi connectivity index (χ0) is 17.1. The Hall–Kier alpha value is -2.60. The summed E-state index contributed by atoms with van der Waals surface area (Å²) in [6, 6.07) is 12.7. The molecular formula is C18H14BrNO4. The highest BCUT2D eigenvalue weighted by Crippen LogP contribution is 2.28. The second-order valence-corrected chi connectivity index (χ2v) is 5.81. The Balaban J connectivity index is 1.89. The molecule has 0 aromatic heterocycles. The molecule has 122 valence electrons. The Bertz CT molecular complexity index is 841. The number of carbonyl (C=O) groups excluding carboxylic acids is 1. The zero-order valence-corrected chi connectivity index (χ0v) is 14.7. The smallest absolute Gasteiger partial charge is 0.363 e. The standard InChI is InChI=1S/C18H14BrNO4/c1-22-13-6-3-11(4-7-13)9-15-18(21)24-17(20-15)12-5-8-16(23-2)14(19)10-12/h3-10H,1-2H3/b15-9-. The van der Waals surface area contributed by atoms with Crippen LogP contribution in [-0.2, 0) is 9.53 Å². The Morgan fingerprint density at radius 1 is 1.08 bits per heavy atom. The summed E-state index contributed by atoms with van der Waals surface area (Å²) in [7, 11) is 3.19. The molecule has 2 aromatic rings. The van der Waals surface area contributed by atoms with Crippen molar-refractivity contribution in [2.24, 2.45) is 4.99 Å². The molecule has 0 aliphatic carbocycles. The molecule has 0 fully saturated rings. The topological polar surface area (TPSA) is 57.1 Å². The van der Waals surface area contributed by atoms with Crippen molar-refractivity contribution in [3.05, 3.63) is 63.8 Å². The maximum atomic E-state index is 12.0. The predicted molar refractivity (Wildman–Crippen MR) is 94.3 cm³/mol. The number of halogens is 1. The second kappa shape index (κ2) is 6.88. The molecule has 1 heterocycles.